The number of aromatic nitrogens is 1. The second-order valence-electron chi connectivity index (χ2n) is 9.06. The van der Waals surface area contributed by atoms with Crippen molar-refractivity contribution in [3.05, 3.63) is 101 Å². The lowest BCUT2D eigenvalue weighted by Gasteiger charge is -2.13. The third-order valence-electron chi connectivity index (χ3n) is 6.12. The lowest BCUT2D eigenvalue weighted by Crippen LogP contribution is -2.26. The summed E-state index contributed by atoms with van der Waals surface area (Å²) in [5.41, 5.74) is 4.61. The number of fused-ring (bicyclic) bond motifs is 1. The van der Waals surface area contributed by atoms with Gasteiger partial charge in [0.1, 0.15) is 0 Å². The highest BCUT2D eigenvalue weighted by molar-refractivity contribution is 7.89. The third kappa shape index (κ3) is 7.01. The molecule has 0 aliphatic heterocycles. The molecule has 7 nitrogen and oxygen atoms in total. The molecule has 4 aromatic rings. The van der Waals surface area contributed by atoms with Crippen LogP contribution in [0.5, 0.6) is 0 Å². The number of sulfonamides is 2. The van der Waals surface area contributed by atoms with E-state index >= 15 is 0 Å². The van der Waals surface area contributed by atoms with Crippen molar-refractivity contribution >= 4 is 30.9 Å². The lowest BCUT2D eigenvalue weighted by atomic mass is 10.0. The van der Waals surface area contributed by atoms with E-state index in [9.17, 15) is 16.8 Å². The Hall–Kier alpha value is -3.11. The molecule has 0 unspecified atom stereocenters. The highest BCUT2D eigenvalue weighted by atomic mass is 32.2. The summed E-state index contributed by atoms with van der Waals surface area (Å²) in [5, 5.41) is 0.975. The molecule has 37 heavy (non-hydrogen) atoms. The molecule has 0 saturated carbocycles. The van der Waals surface area contributed by atoms with Crippen molar-refractivity contribution in [2.75, 3.05) is 13.1 Å². The average molecular weight is 538 g/mol. The molecule has 0 bridgehead atoms. The van der Waals surface area contributed by atoms with Crippen LogP contribution in [0.3, 0.4) is 0 Å². The van der Waals surface area contributed by atoms with E-state index in [0.29, 0.717) is 19.3 Å². The van der Waals surface area contributed by atoms with Crippen LogP contribution in [0, 0.1) is 13.8 Å². The minimum atomic E-state index is -3.62. The molecule has 0 amide bonds. The van der Waals surface area contributed by atoms with Crippen molar-refractivity contribution in [2.24, 2.45) is 0 Å². The van der Waals surface area contributed by atoms with E-state index < -0.39 is 20.0 Å². The molecule has 9 heteroatoms. The number of nitrogens with zero attached hydrogens (tertiary/aromatic N) is 1. The van der Waals surface area contributed by atoms with Gasteiger partial charge in [0.05, 0.1) is 15.3 Å². The van der Waals surface area contributed by atoms with Gasteiger partial charge < -0.3 is 0 Å². The number of benzene rings is 3. The zero-order valence-electron chi connectivity index (χ0n) is 20.9. The molecule has 1 heterocycles. The van der Waals surface area contributed by atoms with E-state index in [0.717, 1.165) is 33.3 Å². The molecule has 2 N–H and O–H groups in total. The van der Waals surface area contributed by atoms with Crippen LogP contribution in [0.1, 0.15) is 28.8 Å². The van der Waals surface area contributed by atoms with Crippen LogP contribution in [-0.4, -0.2) is 34.9 Å². The first-order chi connectivity index (χ1) is 17.6. The largest absolute Gasteiger partial charge is 0.253 e. The van der Waals surface area contributed by atoms with Crippen LogP contribution >= 0.6 is 0 Å². The number of hydrogen-bond donors (Lipinski definition) is 2. The van der Waals surface area contributed by atoms with E-state index in [1.54, 1.807) is 48.5 Å². The molecule has 0 saturated heterocycles. The van der Waals surface area contributed by atoms with Crippen molar-refractivity contribution in [3.8, 4) is 0 Å². The molecule has 194 valence electrons. The summed E-state index contributed by atoms with van der Waals surface area (Å²) in [4.78, 5) is 5.28. The minimum Gasteiger partial charge on any atom is -0.253 e. The Morgan fingerprint density at radius 1 is 0.676 bits per heavy atom. The van der Waals surface area contributed by atoms with E-state index in [-0.39, 0.29) is 22.9 Å². The molecular weight excluding hydrogens is 506 g/mol. The SMILES string of the molecule is Cc1ccc(S(=O)(=O)NCCCc2nc3ccccc3cc2CCNS(=O)(=O)c2ccc(C)cc2)cc1. The fourth-order valence-corrected chi connectivity index (χ4v) is 6.12. The predicted octanol–water partition coefficient (Wildman–Crippen LogP) is 4.28. The van der Waals surface area contributed by atoms with Crippen LogP contribution in [0.15, 0.2) is 88.7 Å². The first-order valence-electron chi connectivity index (χ1n) is 12.1. The second-order valence-corrected chi connectivity index (χ2v) is 12.6. The van der Waals surface area contributed by atoms with Gasteiger partial charge in [0.25, 0.3) is 0 Å². The Bertz CT molecular complexity index is 1580. The van der Waals surface area contributed by atoms with Crippen LogP contribution in [0.2, 0.25) is 0 Å². The monoisotopic (exact) mass is 537 g/mol. The van der Waals surface area contributed by atoms with Gasteiger partial charge in [-0.2, -0.15) is 0 Å². The fourth-order valence-electron chi connectivity index (χ4n) is 4.02. The van der Waals surface area contributed by atoms with E-state index in [1.807, 2.05) is 44.2 Å². The highest BCUT2D eigenvalue weighted by Crippen LogP contribution is 2.19. The molecule has 3 aromatic carbocycles. The van der Waals surface area contributed by atoms with Crippen LogP contribution in [-0.2, 0) is 32.9 Å². The first-order valence-corrected chi connectivity index (χ1v) is 15.1. The molecule has 0 aliphatic rings. The minimum absolute atomic E-state index is 0.225. The molecular formula is C28H31N3O4S2. The normalized spacial score (nSPS) is 12.2. The summed E-state index contributed by atoms with van der Waals surface area (Å²) in [6.07, 6.45) is 1.58. The molecule has 4 rings (SSSR count). The Labute approximate surface area is 219 Å². The lowest BCUT2D eigenvalue weighted by molar-refractivity contribution is 0.578. The third-order valence-corrected chi connectivity index (χ3v) is 9.08. The maximum Gasteiger partial charge on any atom is 0.240 e. The Morgan fingerprint density at radius 2 is 1.22 bits per heavy atom. The maximum atomic E-state index is 12.7. The van der Waals surface area contributed by atoms with Gasteiger partial charge in [-0.05, 0) is 75.1 Å². The molecule has 1 aromatic heterocycles. The molecule has 0 atom stereocenters. The molecule has 0 spiro atoms. The average Bonchev–Trinajstić information content (AvgIpc) is 2.87. The predicted molar refractivity (Wildman–Crippen MR) is 147 cm³/mol. The quantitative estimate of drug-likeness (QED) is 0.278. The van der Waals surface area contributed by atoms with E-state index in [1.165, 1.54) is 0 Å². The van der Waals surface area contributed by atoms with Gasteiger partial charge in [-0.15, -0.1) is 0 Å². The maximum absolute atomic E-state index is 12.7. The number of pyridine rings is 1. The standard InChI is InChI=1S/C28H31N3O4S2/c1-21-9-13-25(14-10-21)36(32,33)29-18-5-8-28-24(20-23-6-3-4-7-27(23)31-28)17-19-30-37(34,35)26-15-11-22(2)12-16-26/h3-4,6-7,9-16,20,29-30H,5,8,17-19H2,1-2H3. The van der Waals surface area contributed by atoms with Crippen molar-refractivity contribution in [1.29, 1.82) is 0 Å². The van der Waals surface area contributed by atoms with Gasteiger partial charge in [-0.1, -0.05) is 53.6 Å². The zero-order chi connectivity index (χ0) is 26.5. The summed E-state index contributed by atoms with van der Waals surface area (Å²) in [5.74, 6) is 0. The van der Waals surface area contributed by atoms with Crippen molar-refractivity contribution in [3.63, 3.8) is 0 Å². The van der Waals surface area contributed by atoms with Crippen LogP contribution in [0.25, 0.3) is 10.9 Å². The van der Waals surface area contributed by atoms with Crippen molar-refractivity contribution in [1.82, 2.24) is 14.4 Å². The number of hydrogen-bond acceptors (Lipinski definition) is 5. The van der Waals surface area contributed by atoms with Gasteiger partial charge in [0, 0.05) is 24.2 Å². The summed E-state index contributed by atoms with van der Waals surface area (Å²) in [6.45, 7) is 4.31. The van der Waals surface area contributed by atoms with E-state index in [4.69, 9.17) is 4.98 Å². The topological polar surface area (TPSA) is 105 Å². The summed E-state index contributed by atoms with van der Waals surface area (Å²) in [7, 11) is -7.20. The molecule has 0 aliphatic carbocycles. The second kappa shape index (κ2) is 11.5. The van der Waals surface area contributed by atoms with Crippen LogP contribution in [0.4, 0.5) is 0 Å². The molecule has 0 radical (unpaired) electrons. The van der Waals surface area contributed by atoms with Gasteiger partial charge in [0.15, 0.2) is 0 Å². The zero-order valence-corrected chi connectivity index (χ0v) is 22.6. The number of para-hydroxylation sites is 1. The Morgan fingerprint density at radius 3 is 1.81 bits per heavy atom. The van der Waals surface area contributed by atoms with Crippen LogP contribution < -0.4 is 9.44 Å². The number of rotatable bonds is 11. The van der Waals surface area contributed by atoms with Gasteiger partial charge >= 0.3 is 0 Å². The Balaban J connectivity index is 1.42. The van der Waals surface area contributed by atoms with Crippen molar-refractivity contribution < 1.29 is 16.8 Å². The number of aryl methyl sites for hydroxylation is 3. The first kappa shape index (κ1) is 26.9. The summed E-state index contributed by atoms with van der Waals surface area (Å²) < 4.78 is 55.9. The van der Waals surface area contributed by atoms with E-state index in [2.05, 4.69) is 9.44 Å². The number of nitrogens with one attached hydrogen (secondary N) is 2. The summed E-state index contributed by atoms with van der Waals surface area (Å²) in [6, 6.07) is 23.3. The van der Waals surface area contributed by atoms with Crippen molar-refractivity contribution in [2.45, 2.75) is 42.9 Å². The van der Waals surface area contributed by atoms with Gasteiger partial charge in [0.2, 0.25) is 20.0 Å². The smallest absolute Gasteiger partial charge is 0.240 e. The fraction of sp³-hybridized carbons (Fsp3) is 0.250. The van der Waals surface area contributed by atoms with Gasteiger partial charge in [-0.3, -0.25) is 4.98 Å². The highest BCUT2D eigenvalue weighted by Gasteiger charge is 2.15. The van der Waals surface area contributed by atoms with Gasteiger partial charge in [-0.25, -0.2) is 26.3 Å². The molecule has 0 fully saturated rings. The Kier molecular flexibility index (Phi) is 8.39. The summed E-state index contributed by atoms with van der Waals surface area (Å²) >= 11 is 0.